The van der Waals surface area contributed by atoms with Crippen molar-refractivity contribution in [3.05, 3.63) is 0 Å². The van der Waals surface area contributed by atoms with Crippen LogP contribution >= 0.6 is 0 Å². The lowest BCUT2D eigenvalue weighted by atomic mass is 10.2. The molecule has 0 aromatic carbocycles. The van der Waals surface area contributed by atoms with E-state index in [9.17, 15) is 4.79 Å². The van der Waals surface area contributed by atoms with Crippen LogP contribution in [0.15, 0.2) is 0 Å². The van der Waals surface area contributed by atoms with Gasteiger partial charge in [0.25, 0.3) is 0 Å². The Hall–Kier alpha value is -0.690. The first kappa shape index (κ1) is 11.4. The second-order valence-corrected chi connectivity index (χ2v) is 3.29. The van der Waals surface area contributed by atoms with Crippen molar-refractivity contribution >= 4 is 5.91 Å². The Bertz CT molecular complexity index is 189. The highest BCUT2D eigenvalue weighted by atomic mass is 16.5. The molecule has 1 amide bonds. The Kier molecular flexibility index (Phi) is 4.81. The summed E-state index contributed by atoms with van der Waals surface area (Å²) < 4.78 is 5.27. The van der Waals surface area contributed by atoms with Gasteiger partial charge < -0.3 is 9.84 Å². The molecule has 1 atom stereocenters. The number of nitrogens with zero attached hydrogens (tertiary/aromatic N) is 1. The molecule has 0 saturated carbocycles. The van der Waals surface area contributed by atoms with Crippen LogP contribution in [0.5, 0.6) is 0 Å². The van der Waals surface area contributed by atoms with Crippen molar-refractivity contribution < 1.29 is 14.6 Å². The summed E-state index contributed by atoms with van der Waals surface area (Å²) in [5.41, 5.74) is 2.08. The molecule has 0 aliphatic carbocycles. The highest BCUT2D eigenvalue weighted by molar-refractivity contribution is 5.75. The number of carbonyl (C=O) groups is 1. The van der Waals surface area contributed by atoms with Crippen molar-refractivity contribution in [3.8, 4) is 0 Å². The summed E-state index contributed by atoms with van der Waals surface area (Å²) >= 11 is 0. The average molecular weight is 203 g/mol. The van der Waals surface area contributed by atoms with Gasteiger partial charge in [-0.3, -0.25) is 15.1 Å². The van der Waals surface area contributed by atoms with Gasteiger partial charge in [0.05, 0.1) is 19.3 Å². The lowest BCUT2D eigenvalue weighted by Gasteiger charge is -2.31. The first-order chi connectivity index (χ1) is 6.76. The van der Waals surface area contributed by atoms with Crippen molar-refractivity contribution in [2.24, 2.45) is 5.84 Å². The van der Waals surface area contributed by atoms with Crippen molar-refractivity contribution in [3.63, 3.8) is 0 Å². The second-order valence-electron chi connectivity index (χ2n) is 3.29. The number of amides is 1. The van der Waals surface area contributed by atoms with Crippen molar-refractivity contribution in [2.45, 2.75) is 12.5 Å². The maximum atomic E-state index is 10.9. The zero-order chi connectivity index (χ0) is 10.4. The Morgan fingerprint density at radius 2 is 2.50 bits per heavy atom. The minimum absolute atomic E-state index is 0.0274. The minimum atomic E-state index is -0.169. The maximum absolute atomic E-state index is 10.9. The van der Waals surface area contributed by atoms with E-state index in [1.807, 2.05) is 0 Å². The lowest BCUT2D eigenvalue weighted by molar-refractivity contribution is -0.122. The summed E-state index contributed by atoms with van der Waals surface area (Å²) in [6.07, 6.45) is 0.263. The number of nitrogens with two attached hydrogens (primary N) is 1. The topological polar surface area (TPSA) is 87.8 Å². The number of carbonyl (C=O) groups excluding carboxylic acids is 1. The molecule has 82 valence electrons. The Labute approximate surface area is 83.0 Å². The molecule has 14 heavy (non-hydrogen) atoms. The van der Waals surface area contributed by atoms with Crippen LogP contribution in [0.3, 0.4) is 0 Å². The Morgan fingerprint density at radius 3 is 3.14 bits per heavy atom. The fraction of sp³-hybridized carbons (Fsp3) is 0.875. The number of hydrazine groups is 1. The van der Waals surface area contributed by atoms with E-state index < -0.39 is 0 Å². The Balaban J connectivity index is 2.20. The van der Waals surface area contributed by atoms with Crippen molar-refractivity contribution in [2.75, 3.05) is 32.8 Å². The van der Waals surface area contributed by atoms with Crippen LogP contribution in [0.25, 0.3) is 0 Å². The van der Waals surface area contributed by atoms with Crippen LogP contribution in [0, 0.1) is 0 Å². The quantitative estimate of drug-likeness (QED) is 0.281. The molecule has 0 radical (unpaired) electrons. The first-order valence-electron chi connectivity index (χ1n) is 4.70. The normalized spacial score (nSPS) is 23.4. The zero-order valence-corrected chi connectivity index (χ0v) is 8.11. The molecular formula is C8H17N3O3. The number of morpholine rings is 1. The highest BCUT2D eigenvalue weighted by Crippen LogP contribution is 2.04. The number of hydrogen-bond donors (Lipinski definition) is 3. The van der Waals surface area contributed by atoms with Gasteiger partial charge in [0.2, 0.25) is 5.91 Å². The molecule has 1 saturated heterocycles. The third-order valence-electron chi connectivity index (χ3n) is 2.24. The number of aliphatic hydroxyl groups is 1. The summed E-state index contributed by atoms with van der Waals surface area (Å²) in [5.74, 6) is 4.79. The van der Waals surface area contributed by atoms with Gasteiger partial charge >= 0.3 is 0 Å². The van der Waals surface area contributed by atoms with Gasteiger partial charge in [-0.05, 0) is 0 Å². The summed E-state index contributed by atoms with van der Waals surface area (Å²) in [6.45, 7) is 2.76. The third-order valence-corrected chi connectivity index (χ3v) is 2.24. The minimum Gasteiger partial charge on any atom is -0.394 e. The van der Waals surface area contributed by atoms with E-state index in [0.717, 1.165) is 6.54 Å². The maximum Gasteiger partial charge on any atom is 0.235 e. The molecule has 1 unspecified atom stereocenters. The van der Waals surface area contributed by atoms with E-state index in [0.29, 0.717) is 26.1 Å². The molecule has 1 aliphatic rings. The van der Waals surface area contributed by atoms with E-state index in [-0.39, 0.29) is 18.6 Å². The number of rotatable bonds is 4. The number of nitrogens with one attached hydrogen (secondary N) is 1. The van der Waals surface area contributed by atoms with Gasteiger partial charge in [0.15, 0.2) is 0 Å². The number of ether oxygens (including phenoxy) is 1. The van der Waals surface area contributed by atoms with E-state index in [1.54, 1.807) is 0 Å². The van der Waals surface area contributed by atoms with Gasteiger partial charge in [-0.1, -0.05) is 0 Å². The van der Waals surface area contributed by atoms with Gasteiger partial charge in [0.1, 0.15) is 0 Å². The van der Waals surface area contributed by atoms with Crippen LogP contribution in [-0.2, 0) is 9.53 Å². The van der Waals surface area contributed by atoms with E-state index >= 15 is 0 Å². The van der Waals surface area contributed by atoms with Crippen LogP contribution in [-0.4, -0.2) is 54.9 Å². The fourth-order valence-electron chi connectivity index (χ4n) is 1.43. The van der Waals surface area contributed by atoms with Crippen LogP contribution in [0.4, 0.5) is 0 Å². The predicted molar refractivity (Wildman–Crippen MR) is 50.2 cm³/mol. The Morgan fingerprint density at radius 1 is 1.71 bits per heavy atom. The molecular weight excluding hydrogens is 186 g/mol. The summed E-state index contributed by atoms with van der Waals surface area (Å²) in [6, 6.07) is 0. The smallest absolute Gasteiger partial charge is 0.235 e. The lowest BCUT2D eigenvalue weighted by Crippen LogP contribution is -2.45. The van der Waals surface area contributed by atoms with E-state index in [2.05, 4.69) is 10.3 Å². The van der Waals surface area contributed by atoms with E-state index in [4.69, 9.17) is 15.7 Å². The van der Waals surface area contributed by atoms with Gasteiger partial charge in [-0.2, -0.15) is 0 Å². The van der Waals surface area contributed by atoms with Crippen molar-refractivity contribution in [1.82, 2.24) is 10.3 Å². The van der Waals surface area contributed by atoms with Crippen LogP contribution in [0.1, 0.15) is 6.42 Å². The molecule has 6 heteroatoms. The molecule has 0 aromatic heterocycles. The predicted octanol–water partition coefficient (Wildman–Crippen LogP) is -1.94. The highest BCUT2D eigenvalue weighted by Gasteiger charge is 2.19. The third kappa shape index (κ3) is 3.59. The standard InChI is InChI=1S/C8H17N3O3/c9-10-8(13)1-2-11-3-4-14-7(5-11)6-12/h7,12H,1-6,9H2,(H,10,13). The van der Waals surface area contributed by atoms with Gasteiger partial charge in [0, 0.05) is 26.1 Å². The molecule has 1 heterocycles. The summed E-state index contributed by atoms with van der Waals surface area (Å²) in [5, 5.41) is 8.88. The molecule has 0 bridgehead atoms. The molecule has 1 rings (SSSR count). The SMILES string of the molecule is NNC(=O)CCN1CCOC(CO)C1. The molecule has 0 spiro atoms. The van der Waals surface area contributed by atoms with Crippen LogP contribution < -0.4 is 11.3 Å². The summed E-state index contributed by atoms with van der Waals surface area (Å²) in [7, 11) is 0. The number of hydrogen-bond acceptors (Lipinski definition) is 5. The second kappa shape index (κ2) is 5.92. The van der Waals surface area contributed by atoms with Crippen molar-refractivity contribution in [1.29, 1.82) is 0 Å². The zero-order valence-electron chi connectivity index (χ0n) is 8.11. The monoisotopic (exact) mass is 203 g/mol. The fourth-order valence-corrected chi connectivity index (χ4v) is 1.43. The van der Waals surface area contributed by atoms with E-state index in [1.165, 1.54) is 0 Å². The molecule has 6 nitrogen and oxygen atoms in total. The molecule has 1 aliphatic heterocycles. The molecule has 4 N–H and O–H groups in total. The van der Waals surface area contributed by atoms with Gasteiger partial charge in [-0.25, -0.2) is 5.84 Å². The number of aliphatic hydroxyl groups excluding tert-OH is 1. The molecule has 1 fully saturated rings. The average Bonchev–Trinajstić information content (AvgIpc) is 2.26. The van der Waals surface area contributed by atoms with Crippen LogP contribution in [0.2, 0.25) is 0 Å². The largest absolute Gasteiger partial charge is 0.394 e. The van der Waals surface area contributed by atoms with Gasteiger partial charge in [-0.15, -0.1) is 0 Å². The summed E-state index contributed by atoms with van der Waals surface area (Å²) in [4.78, 5) is 12.9. The molecule has 0 aromatic rings. The first-order valence-corrected chi connectivity index (χ1v) is 4.70.